The molecule has 16 heavy (non-hydrogen) atoms. The van der Waals surface area contributed by atoms with Gasteiger partial charge in [-0.3, -0.25) is 0 Å². The van der Waals surface area contributed by atoms with Crippen LogP contribution in [0.2, 0.25) is 0 Å². The zero-order valence-electron chi connectivity index (χ0n) is 9.53. The van der Waals surface area contributed by atoms with Gasteiger partial charge in [-0.05, 0) is 43.9 Å². The van der Waals surface area contributed by atoms with Gasteiger partial charge in [0.1, 0.15) is 0 Å². The van der Waals surface area contributed by atoms with Crippen molar-refractivity contribution < 1.29 is 4.74 Å². The summed E-state index contributed by atoms with van der Waals surface area (Å²) in [7, 11) is 0. The number of rotatable bonds is 4. The molecule has 0 amide bonds. The maximum absolute atomic E-state index is 6.04. The first kappa shape index (κ1) is 12.1. The second kappa shape index (κ2) is 5.30. The third-order valence-electron chi connectivity index (χ3n) is 3.05. The van der Waals surface area contributed by atoms with Crippen LogP contribution in [0.15, 0.2) is 28.7 Å². The van der Waals surface area contributed by atoms with Crippen molar-refractivity contribution in [2.45, 2.75) is 44.4 Å². The highest BCUT2D eigenvalue weighted by Gasteiger charge is 2.25. The average Bonchev–Trinajstić information content (AvgIpc) is 2.15. The maximum atomic E-state index is 6.04. The number of nitrogens with two attached hydrogens (primary N) is 1. The summed E-state index contributed by atoms with van der Waals surface area (Å²) in [5.41, 5.74) is 7.17. The Morgan fingerprint density at radius 2 is 2.19 bits per heavy atom. The van der Waals surface area contributed by atoms with Gasteiger partial charge in [-0.2, -0.15) is 0 Å². The molecule has 0 aliphatic heterocycles. The Labute approximate surface area is 105 Å². The monoisotopic (exact) mass is 283 g/mol. The average molecular weight is 284 g/mol. The Morgan fingerprint density at radius 3 is 2.69 bits per heavy atom. The Bertz CT molecular complexity index is 350. The van der Waals surface area contributed by atoms with Gasteiger partial charge in [0.05, 0.1) is 12.2 Å². The van der Waals surface area contributed by atoms with Crippen LogP contribution in [0.5, 0.6) is 0 Å². The molecule has 88 valence electrons. The Morgan fingerprint density at radius 1 is 1.44 bits per heavy atom. The smallest absolute Gasteiger partial charge is 0.0977 e. The highest BCUT2D eigenvalue weighted by Crippen LogP contribution is 2.31. The quantitative estimate of drug-likeness (QED) is 0.919. The van der Waals surface area contributed by atoms with Gasteiger partial charge in [-0.15, -0.1) is 0 Å². The molecular weight excluding hydrogens is 266 g/mol. The van der Waals surface area contributed by atoms with E-state index in [1.807, 2.05) is 19.1 Å². The van der Waals surface area contributed by atoms with Gasteiger partial charge in [-0.1, -0.05) is 28.1 Å². The molecule has 0 radical (unpaired) electrons. The van der Waals surface area contributed by atoms with E-state index >= 15 is 0 Å². The van der Waals surface area contributed by atoms with Crippen LogP contribution in [0.25, 0.3) is 0 Å². The number of ether oxygens (including phenoxy) is 1. The SMILES string of the molecule is CC(N)C(OC1CCC1)c1cccc(Br)c1. The van der Waals surface area contributed by atoms with Crippen LogP contribution in [0.4, 0.5) is 0 Å². The molecule has 1 aliphatic carbocycles. The van der Waals surface area contributed by atoms with E-state index in [4.69, 9.17) is 10.5 Å². The van der Waals surface area contributed by atoms with Crippen molar-refractivity contribution in [1.82, 2.24) is 0 Å². The normalized spacial score (nSPS) is 20.2. The van der Waals surface area contributed by atoms with Crippen molar-refractivity contribution in [3.8, 4) is 0 Å². The highest BCUT2D eigenvalue weighted by molar-refractivity contribution is 9.10. The molecule has 0 aromatic heterocycles. The standard InChI is InChI=1S/C13H18BrNO/c1-9(15)13(16-12-6-3-7-12)10-4-2-5-11(14)8-10/h2,4-5,8-9,12-13H,3,6-7,15H2,1H3. The lowest BCUT2D eigenvalue weighted by Gasteiger charge is -2.32. The van der Waals surface area contributed by atoms with E-state index in [9.17, 15) is 0 Å². The lowest BCUT2D eigenvalue weighted by atomic mass is 9.95. The molecule has 0 saturated heterocycles. The number of hydrogen-bond donors (Lipinski definition) is 1. The van der Waals surface area contributed by atoms with Gasteiger partial charge in [0.25, 0.3) is 0 Å². The van der Waals surface area contributed by atoms with Crippen LogP contribution in [-0.4, -0.2) is 12.1 Å². The number of hydrogen-bond acceptors (Lipinski definition) is 2. The molecule has 2 nitrogen and oxygen atoms in total. The summed E-state index contributed by atoms with van der Waals surface area (Å²) in [4.78, 5) is 0. The topological polar surface area (TPSA) is 35.2 Å². The molecule has 0 bridgehead atoms. The maximum Gasteiger partial charge on any atom is 0.0977 e. The molecule has 1 aromatic carbocycles. The molecule has 1 aliphatic rings. The molecule has 2 N–H and O–H groups in total. The predicted molar refractivity (Wildman–Crippen MR) is 69.3 cm³/mol. The summed E-state index contributed by atoms with van der Waals surface area (Å²) < 4.78 is 7.12. The molecule has 1 saturated carbocycles. The fraction of sp³-hybridized carbons (Fsp3) is 0.538. The van der Waals surface area contributed by atoms with E-state index in [-0.39, 0.29) is 12.1 Å². The molecule has 1 aromatic rings. The summed E-state index contributed by atoms with van der Waals surface area (Å²) in [5.74, 6) is 0. The molecule has 0 spiro atoms. The van der Waals surface area contributed by atoms with Gasteiger partial charge in [0.2, 0.25) is 0 Å². The molecule has 0 heterocycles. The molecule has 1 fully saturated rings. The minimum atomic E-state index is 0.0165. The zero-order chi connectivity index (χ0) is 11.5. The molecule has 2 atom stereocenters. The van der Waals surface area contributed by atoms with Gasteiger partial charge < -0.3 is 10.5 Å². The van der Waals surface area contributed by atoms with E-state index < -0.39 is 0 Å². The van der Waals surface area contributed by atoms with E-state index in [0.717, 1.165) is 10.0 Å². The summed E-state index contributed by atoms with van der Waals surface area (Å²) in [6.45, 7) is 2.00. The van der Waals surface area contributed by atoms with Crippen molar-refractivity contribution in [2.24, 2.45) is 5.73 Å². The largest absolute Gasteiger partial charge is 0.369 e. The van der Waals surface area contributed by atoms with E-state index in [1.54, 1.807) is 0 Å². The Hall–Kier alpha value is -0.380. The highest BCUT2D eigenvalue weighted by atomic mass is 79.9. The van der Waals surface area contributed by atoms with E-state index in [0.29, 0.717) is 6.10 Å². The second-order valence-corrected chi connectivity index (χ2v) is 5.44. The van der Waals surface area contributed by atoms with E-state index in [2.05, 4.69) is 28.1 Å². The molecular formula is C13H18BrNO. The van der Waals surface area contributed by atoms with Gasteiger partial charge in [0, 0.05) is 10.5 Å². The first-order valence-electron chi connectivity index (χ1n) is 5.83. The molecule has 3 heteroatoms. The number of benzene rings is 1. The fourth-order valence-corrected chi connectivity index (χ4v) is 2.32. The van der Waals surface area contributed by atoms with Crippen molar-refractivity contribution in [2.75, 3.05) is 0 Å². The van der Waals surface area contributed by atoms with Crippen molar-refractivity contribution >= 4 is 15.9 Å². The third-order valence-corrected chi connectivity index (χ3v) is 3.54. The fourth-order valence-electron chi connectivity index (χ4n) is 1.90. The van der Waals surface area contributed by atoms with Gasteiger partial charge >= 0.3 is 0 Å². The Balaban J connectivity index is 2.11. The van der Waals surface area contributed by atoms with E-state index in [1.165, 1.54) is 19.3 Å². The first-order chi connectivity index (χ1) is 7.66. The van der Waals surface area contributed by atoms with Crippen LogP contribution >= 0.6 is 15.9 Å². The van der Waals surface area contributed by atoms with Crippen LogP contribution < -0.4 is 5.73 Å². The molecule has 2 rings (SSSR count). The minimum absolute atomic E-state index is 0.0165. The third kappa shape index (κ3) is 2.84. The summed E-state index contributed by atoms with van der Waals surface area (Å²) in [5, 5.41) is 0. The number of halogens is 1. The van der Waals surface area contributed by atoms with Crippen molar-refractivity contribution in [1.29, 1.82) is 0 Å². The Kier molecular flexibility index (Phi) is 4.00. The second-order valence-electron chi connectivity index (χ2n) is 4.52. The minimum Gasteiger partial charge on any atom is -0.369 e. The predicted octanol–water partition coefficient (Wildman–Crippen LogP) is 3.41. The lowest BCUT2D eigenvalue weighted by Crippen LogP contribution is -2.33. The van der Waals surface area contributed by atoms with Gasteiger partial charge in [-0.25, -0.2) is 0 Å². The first-order valence-corrected chi connectivity index (χ1v) is 6.62. The summed E-state index contributed by atoms with van der Waals surface area (Å²) >= 11 is 3.48. The van der Waals surface area contributed by atoms with Crippen molar-refractivity contribution in [3.63, 3.8) is 0 Å². The molecule has 2 unspecified atom stereocenters. The van der Waals surface area contributed by atoms with Crippen LogP contribution in [0.3, 0.4) is 0 Å². The van der Waals surface area contributed by atoms with Gasteiger partial charge in [0.15, 0.2) is 0 Å². The summed E-state index contributed by atoms with van der Waals surface area (Å²) in [6, 6.07) is 8.24. The lowest BCUT2D eigenvalue weighted by molar-refractivity contribution is -0.0611. The zero-order valence-corrected chi connectivity index (χ0v) is 11.1. The van der Waals surface area contributed by atoms with Crippen LogP contribution in [0, 0.1) is 0 Å². The van der Waals surface area contributed by atoms with Crippen LogP contribution in [-0.2, 0) is 4.74 Å². The van der Waals surface area contributed by atoms with Crippen molar-refractivity contribution in [3.05, 3.63) is 34.3 Å². The summed E-state index contributed by atoms with van der Waals surface area (Å²) in [6.07, 6.45) is 4.07. The van der Waals surface area contributed by atoms with Crippen LogP contribution in [0.1, 0.15) is 37.9 Å².